The molecule has 0 radical (unpaired) electrons. The zero-order chi connectivity index (χ0) is 17.7. The number of rotatable bonds is 6. The molecule has 0 saturated carbocycles. The average molecular weight is 338 g/mol. The Balaban J connectivity index is 1.65. The molecule has 0 amide bonds. The van der Waals surface area contributed by atoms with Crippen molar-refractivity contribution < 1.29 is 9.90 Å². The number of carboxylic acids is 1. The Morgan fingerprint density at radius 1 is 1.04 bits per heavy atom. The quantitative estimate of drug-likeness (QED) is 0.842. The van der Waals surface area contributed by atoms with Gasteiger partial charge in [-0.2, -0.15) is 0 Å². The highest BCUT2D eigenvalue weighted by Gasteiger charge is 2.41. The number of nitrogens with one attached hydrogen (secondary N) is 1. The molecule has 2 aromatic rings. The molecule has 0 spiro atoms. The van der Waals surface area contributed by atoms with E-state index in [9.17, 15) is 9.90 Å². The molecule has 1 saturated heterocycles. The van der Waals surface area contributed by atoms with Crippen molar-refractivity contribution in [1.82, 2.24) is 4.90 Å². The van der Waals surface area contributed by atoms with Crippen LogP contribution in [0.4, 0.5) is 5.69 Å². The minimum absolute atomic E-state index is 0.602. The Bertz CT molecular complexity index is 690. The molecular formula is C21H26N2O2. The number of aryl methyl sites for hydroxylation is 1. The van der Waals surface area contributed by atoms with E-state index in [1.165, 1.54) is 11.1 Å². The SMILES string of the molecule is CCc1ccc(NC2(C(=O)O)CCN(Cc3ccccc3)CC2)cc1. The lowest BCUT2D eigenvalue weighted by Gasteiger charge is -2.40. The van der Waals surface area contributed by atoms with Gasteiger partial charge in [0, 0.05) is 25.3 Å². The maximum atomic E-state index is 12.0. The normalized spacial score (nSPS) is 17.2. The molecule has 4 heteroatoms. The van der Waals surface area contributed by atoms with E-state index in [2.05, 4.69) is 41.4 Å². The standard InChI is InChI=1S/C21H26N2O2/c1-2-17-8-10-19(11-9-17)22-21(20(24)25)12-14-23(15-13-21)16-18-6-4-3-5-7-18/h3-11,22H,2,12-16H2,1H3,(H,24,25). The number of aliphatic carboxylic acids is 1. The first kappa shape index (κ1) is 17.5. The molecule has 1 fully saturated rings. The van der Waals surface area contributed by atoms with Crippen molar-refractivity contribution in [3.05, 3.63) is 65.7 Å². The summed E-state index contributed by atoms with van der Waals surface area (Å²) in [6.45, 7) is 4.55. The van der Waals surface area contributed by atoms with Gasteiger partial charge in [-0.3, -0.25) is 4.90 Å². The van der Waals surface area contributed by atoms with Crippen molar-refractivity contribution >= 4 is 11.7 Å². The third kappa shape index (κ3) is 4.20. The zero-order valence-electron chi connectivity index (χ0n) is 14.7. The third-order valence-electron chi connectivity index (χ3n) is 5.11. The minimum Gasteiger partial charge on any atom is -0.480 e. The first-order valence-corrected chi connectivity index (χ1v) is 8.98. The summed E-state index contributed by atoms with van der Waals surface area (Å²) in [5, 5.41) is 13.1. The first-order valence-electron chi connectivity index (χ1n) is 8.98. The van der Waals surface area contributed by atoms with E-state index < -0.39 is 11.5 Å². The molecule has 0 aliphatic carbocycles. The fraction of sp³-hybridized carbons (Fsp3) is 0.381. The smallest absolute Gasteiger partial charge is 0.329 e. The van der Waals surface area contributed by atoms with Crippen LogP contribution in [-0.2, 0) is 17.8 Å². The van der Waals surface area contributed by atoms with Gasteiger partial charge in [-0.05, 0) is 42.5 Å². The van der Waals surface area contributed by atoms with Gasteiger partial charge in [0.25, 0.3) is 0 Å². The zero-order valence-corrected chi connectivity index (χ0v) is 14.7. The number of benzene rings is 2. The average Bonchev–Trinajstić information content (AvgIpc) is 2.65. The predicted octanol–water partition coefficient (Wildman–Crippen LogP) is 3.78. The predicted molar refractivity (Wildman–Crippen MR) is 101 cm³/mol. The molecule has 0 atom stereocenters. The number of hydrogen-bond donors (Lipinski definition) is 2. The Morgan fingerprint density at radius 2 is 1.68 bits per heavy atom. The van der Waals surface area contributed by atoms with Crippen molar-refractivity contribution in [2.45, 2.75) is 38.3 Å². The molecule has 1 aliphatic heterocycles. The van der Waals surface area contributed by atoms with Gasteiger partial charge >= 0.3 is 5.97 Å². The van der Waals surface area contributed by atoms with Gasteiger partial charge in [0.1, 0.15) is 5.54 Å². The largest absolute Gasteiger partial charge is 0.480 e. The molecule has 1 aliphatic rings. The van der Waals surface area contributed by atoms with Gasteiger partial charge in [0.2, 0.25) is 0 Å². The Labute approximate surface area is 149 Å². The van der Waals surface area contributed by atoms with Gasteiger partial charge in [-0.25, -0.2) is 4.79 Å². The molecule has 0 bridgehead atoms. The van der Waals surface area contributed by atoms with Crippen LogP contribution in [0.25, 0.3) is 0 Å². The van der Waals surface area contributed by atoms with Crippen molar-refractivity contribution in [2.75, 3.05) is 18.4 Å². The minimum atomic E-state index is -0.874. The van der Waals surface area contributed by atoms with Gasteiger partial charge in [0.15, 0.2) is 0 Å². The summed E-state index contributed by atoms with van der Waals surface area (Å²) in [7, 11) is 0. The van der Waals surface area contributed by atoms with Crippen molar-refractivity contribution in [3.8, 4) is 0 Å². The molecule has 0 unspecified atom stereocenters. The lowest BCUT2D eigenvalue weighted by Crippen LogP contribution is -2.54. The number of nitrogens with zero attached hydrogens (tertiary/aromatic N) is 1. The molecule has 2 N–H and O–H groups in total. The molecular weight excluding hydrogens is 312 g/mol. The lowest BCUT2D eigenvalue weighted by atomic mass is 9.87. The van der Waals surface area contributed by atoms with E-state index in [0.29, 0.717) is 12.8 Å². The van der Waals surface area contributed by atoms with Crippen molar-refractivity contribution in [1.29, 1.82) is 0 Å². The van der Waals surface area contributed by atoms with Crippen molar-refractivity contribution in [2.24, 2.45) is 0 Å². The van der Waals surface area contributed by atoms with Crippen LogP contribution in [-0.4, -0.2) is 34.6 Å². The van der Waals surface area contributed by atoms with Gasteiger partial charge in [0.05, 0.1) is 0 Å². The number of carbonyl (C=O) groups is 1. The number of likely N-dealkylation sites (tertiary alicyclic amines) is 1. The topological polar surface area (TPSA) is 52.6 Å². The second-order valence-corrected chi connectivity index (χ2v) is 6.82. The fourth-order valence-corrected chi connectivity index (χ4v) is 3.43. The van der Waals surface area contributed by atoms with E-state index in [4.69, 9.17) is 0 Å². The van der Waals surface area contributed by atoms with E-state index in [0.717, 1.165) is 31.7 Å². The molecule has 3 rings (SSSR count). The highest BCUT2D eigenvalue weighted by molar-refractivity contribution is 5.83. The molecule has 2 aromatic carbocycles. The highest BCUT2D eigenvalue weighted by Crippen LogP contribution is 2.28. The van der Waals surface area contributed by atoms with Crippen LogP contribution in [0.2, 0.25) is 0 Å². The first-order chi connectivity index (χ1) is 12.1. The second kappa shape index (κ2) is 7.70. The van der Waals surface area contributed by atoms with Crippen molar-refractivity contribution in [3.63, 3.8) is 0 Å². The molecule has 25 heavy (non-hydrogen) atoms. The molecule has 0 aromatic heterocycles. The van der Waals surface area contributed by atoms with Gasteiger partial charge in [-0.15, -0.1) is 0 Å². The summed E-state index contributed by atoms with van der Waals surface area (Å²) in [5.41, 5.74) is 2.54. The van der Waals surface area contributed by atoms with Crippen LogP contribution in [0.1, 0.15) is 30.9 Å². The Kier molecular flexibility index (Phi) is 5.39. The summed E-state index contributed by atoms with van der Waals surface area (Å²) >= 11 is 0. The number of carboxylic acid groups (broad SMARTS) is 1. The van der Waals surface area contributed by atoms with Crippen LogP contribution in [0.3, 0.4) is 0 Å². The lowest BCUT2D eigenvalue weighted by molar-refractivity contribution is -0.144. The number of hydrogen-bond acceptors (Lipinski definition) is 3. The summed E-state index contributed by atoms with van der Waals surface area (Å²) < 4.78 is 0. The van der Waals surface area contributed by atoms with Crippen LogP contribution >= 0.6 is 0 Å². The van der Waals surface area contributed by atoms with Crippen LogP contribution in [0.5, 0.6) is 0 Å². The molecule has 4 nitrogen and oxygen atoms in total. The van der Waals surface area contributed by atoms with Gasteiger partial charge in [-0.1, -0.05) is 49.4 Å². The fourth-order valence-electron chi connectivity index (χ4n) is 3.43. The Hall–Kier alpha value is -2.33. The molecule has 1 heterocycles. The summed E-state index contributed by atoms with van der Waals surface area (Å²) in [5.74, 6) is -0.758. The van der Waals surface area contributed by atoms with E-state index >= 15 is 0 Å². The van der Waals surface area contributed by atoms with E-state index in [1.807, 2.05) is 30.3 Å². The van der Waals surface area contributed by atoms with E-state index in [1.54, 1.807) is 0 Å². The number of anilines is 1. The Morgan fingerprint density at radius 3 is 2.24 bits per heavy atom. The summed E-state index contributed by atoms with van der Waals surface area (Å²) in [4.78, 5) is 14.3. The maximum absolute atomic E-state index is 12.0. The summed E-state index contributed by atoms with van der Waals surface area (Å²) in [6, 6.07) is 18.4. The maximum Gasteiger partial charge on any atom is 0.329 e. The number of piperidine rings is 1. The monoisotopic (exact) mass is 338 g/mol. The van der Waals surface area contributed by atoms with Crippen LogP contribution < -0.4 is 5.32 Å². The van der Waals surface area contributed by atoms with Crippen LogP contribution in [0, 0.1) is 0 Å². The van der Waals surface area contributed by atoms with Gasteiger partial charge < -0.3 is 10.4 Å². The van der Waals surface area contributed by atoms with Crippen LogP contribution in [0.15, 0.2) is 54.6 Å². The highest BCUT2D eigenvalue weighted by atomic mass is 16.4. The second-order valence-electron chi connectivity index (χ2n) is 6.82. The van der Waals surface area contributed by atoms with E-state index in [-0.39, 0.29) is 0 Å². The molecule has 132 valence electrons. The summed E-state index contributed by atoms with van der Waals surface area (Å²) in [6.07, 6.45) is 2.19. The third-order valence-corrected chi connectivity index (χ3v) is 5.11.